The predicted molar refractivity (Wildman–Crippen MR) is 302 cm³/mol. The maximum absolute atomic E-state index is 6.94. The van der Waals surface area contributed by atoms with E-state index in [1.54, 1.807) is 0 Å². The lowest BCUT2D eigenvalue weighted by Gasteiger charge is -2.26. The highest BCUT2D eigenvalue weighted by Crippen LogP contribution is 2.47. The Morgan fingerprint density at radius 2 is 1.14 bits per heavy atom. The fourth-order valence-electron chi connectivity index (χ4n) is 11.5. The quantitative estimate of drug-likeness (QED) is 0.128. The SMILES string of the molecule is CC(C)(C)c1ccnc(-n2c3ccccc3c3ccc(Oc4cccc(-n5[c-][n+]6c7c(cc(-c8ccc9oc%10ccccc%10c9c8)cc75)-c5ccccc5-c5ccccc5-c5cccc(C(C)(C)C)c5-6)c4)cc32)c1. The first-order valence-electron chi connectivity index (χ1n) is 25.5. The van der Waals surface area contributed by atoms with Crippen LogP contribution in [0.25, 0.3) is 116 Å². The third-order valence-electron chi connectivity index (χ3n) is 15.1. The fraction of sp³-hybridized carbons (Fsp3) is 0.118. The van der Waals surface area contributed by atoms with Crippen LogP contribution in [0.2, 0.25) is 0 Å². The minimum atomic E-state index is -0.203. The van der Waals surface area contributed by atoms with Crippen molar-refractivity contribution in [2.75, 3.05) is 0 Å². The number of fused-ring (bicyclic) bond motifs is 13. The third kappa shape index (κ3) is 6.93. The summed E-state index contributed by atoms with van der Waals surface area (Å²) in [5.41, 5.74) is 19.4. The van der Waals surface area contributed by atoms with Gasteiger partial charge in [-0.15, -0.1) is 0 Å². The molecule has 0 radical (unpaired) electrons. The number of hydrogen-bond acceptors (Lipinski definition) is 3. The second kappa shape index (κ2) is 16.3. The van der Waals surface area contributed by atoms with Gasteiger partial charge in [0, 0.05) is 33.8 Å². The molecule has 1 aliphatic rings. The molecule has 74 heavy (non-hydrogen) atoms. The molecular formula is C68H52N4O2. The predicted octanol–water partition coefficient (Wildman–Crippen LogP) is 17.5. The van der Waals surface area contributed by atoms with E-state index >= 15 is 0 Å². The molecule has 0 amide bonds. The third-order valence-corrected chi connectivity index (χ3v) is 15.1. The van der Waals surface area contributed by atoms with Crippen molar-refractivity contribution in [1.82, 2.24) is 14.1 Å². The van der Waals surface area contributed by atoms with E-state index in [0.717, 1.165) is 100 Å². The molecule has 1 aliphatic heterocycles. The van der Waals surface area contributed by atoms with Gasteiger partial charge in [-0.1, -0.05) is 163 Å². The topological polar surface area (TPSA) is 49.0 Å². The van der Waals surface area contributed by atoms with E-state index in [-0.39, 0.29) is 10.8 Å². The highest BCUT2D eigenvalue weighted by atomic mass is 16.5. The van der Waals surface area contributed by atoms with Crippen molar-refractivity contribution in [3.05, 3.63) is 224 Å². The van der Waals surface area contributed by atoms with Crippen molar-refractivity contribution >= 4 is 54.8 Å². The summed E-state index contributed by atoms with van der Waals surface area (Å²) in [5.74, 6) is 2.32. The van der Waals surface area contributed by atoms with E-state index in [9.17, 15) is 0 Å². The lowest BCUT2D eigenvalue weighted by Crippen LogP contribution is -2.35. The van der Waals surface area contributed by atoms with Crippen LogP contribution in [-0.2, 0) is 10.8 Å². The zero-order valence-electron chi connectivity index (χ0n) is 42.2. The second-order valence-electron chi connectivity index (χ2n) is 21.8. The highest BCUT2D eigenvalue weighted by molar-refractivity contribution is 6.10. The van der Waals surface area contributed by atoms with Crippen molar-refractivity contribution in [3.63, 3.8) is 0 Å². The molecule has 6 heteroatoms. The number of furan rings is 1. The smallest absolute Gasteiger partial charge is 0.269 e. The zero-order valence-corrected chi connectivity index (χ0v) is 42.2. The maximum atomic E-state index is 6.94. The van der Waals surface area contributed by atoms with Gasteiger partial charge in [0.15, 0.2) is 0 Å². The van der Waals surface area contributed by atoms with E-state index in [4.69, 9.17) is 14.1 Å². The van der Waals surface area contributed by atoms with Gasteiger partial charge >= 0.3 is 0 Å². The van der Waals surface area contributed by atoms with Gasteiger partial charge < -0.3 is 9.15 Å². The molecular weight excluding hydrogens is 905 g/mol. The molecule has 0 N–H and O–H groups in total. The molecule has 0 bridgehead atoms. The minimum Gasteiger partial charge on any atom is -0.458 e. The van der Waals surface area contributed by atoms with Gasteiger partial charge in [0.05, 0.1) is 33.4 Å². The lowest BCUT2D eigenvalue weighted by molar-refractivity contribution is -0.572. The van der Waals surface area contributed by atoms with Gasteiger partial charge in [-0.2, -0.15) is 0 Å². The summed E-state index contributed by atoms with van der Waals surface area (Å²) in [5, 5.41) is 4.50. The summed E-state index contributed by atoms with van der Waals surface area (Å²) in [4.78, 5) is 4.93. The average Bonchev–Trinajstić information content (AvgIpc) is 4.10. The van der Waals surface area contributed by atoms with Crippen LogP contribution in [0.1, 0.15) is 52.7 Å². The highest BCUT2D eigenvalue weighted by Gasteiger charge is 2.30. The van der Waals surface area contributed by atoms with Gasteiger partial charge in [-0.3, -0.25) is 13.7 Å². The summed E-state index contributed by atoms with van der Waals surface area (Å²) < 4.78 is 20.1. The molecule has 0 saturated carbocycles. The number of pyridine rings is 1. The molecule has 0 aliphatic carbocycles. The molecule has 14 rings (SSSR count). The number of imidazole rings is 1. The van der Waals surface area contributed by atoms with Crippen LogP contribution in [0.3, 0.4) is 0 Å². The van der Waals surface area contributed by atoms with Crippen LogP contribution >= 0.6 is 0 Å². The van der Waals surface area contributed by atoms with E-state index in [1.807, 2.05) is 24.4 Å². The van der Waals surface area contributed by atoms with Crippen LogP contribution < -0.4 is 9.30 Å². The Bertz CT molecular complexity index is 4440. The number of aromatic nitrogens is 4. The Morgan fingerprint density at radius 3 is 1.92 bits per heavy atom. The van der Waals surface area contributed by atoms with Gasteiger partial charge in [0.1, 0.15) is 28.5 Å². The number of hydrogen-bond donors (Lipinski definition) is 0. The Kier molecular flexibility index (Phi) is 9.61. The van der Waals surface area contributed by atoms with Crippen molar-refractivity contribution < 1.29 is 13.7 Å². The van der Waals surface area contributed by atoms with Gasteiger partial charge in [0.25, 0.3) is 6.33 Å². The first-order valence-corrected chi connectivity index (χ1v) is 25.5. The van der Waals surface area contributed by atoms with E-state index < -0.39 is 0 Å². The molecule has 0 fully saturated rings. The Morgan fingerprint density at radius 1 is 0.473 bits per heavy atom. The molecule has 0 saturated heterocycles. The Labute approximate surface area is 430 Å². The number of ether oxygens (including phenoxy) is 1. The molecule has 5 heterocycles. The standard InChI is InChI=1S/C68H52N4O2/c1-67(2,3)44-33-34-69-64(38-44)72-59-27-13-11-23-52(59)53-31-30-47(40-60(53)72)73-46-18-15-17-45(39-46)70-41-71-65-55(25-16-26-58(65)68(4,5)6)50-21-9-7-19-48(50)49-20-8-10-22-51(49)57-36-43(37-61(70)66(57)71)42-29-32-63-56(35-42)54-24-12-14-28-62(54)74-63/h7-40H,1-6H3. The number of para-hydroxylation sites is 3. The summed E-state index contributed by atoms with van der Waals surface area (Å²) in [6.07, 6.45) is 5.95. The van der Waals surface area contributed by atoms with E-state index in [1.165, 1.54) is 33.2 Å². The van der Waals surface area contributed by atoms with Crippen LogP contribution in [-0.4, -0.2) is 14.1 Å². The summed E-state index contributed by atoms with van der Waals surface area (Å²) in [7, 11) is 0. The summed E-state index contributed by atoms with van der Waals surface area (Å²) in [6.45, 7) is 13.6. The molecule has 0 atom stereocenters. The Balaban J connectivity index is 1.000. The molecule has 13 aromatic rings. The summed E-state index contributed by atoms with van der Waals surface area (Å²) >= 11 is 0. The first-order chi connectivity index (χ1) is 35.9. The number of benzene rings is 9. The van der Waals surface area contributed by atoms with Crippen molar-refractivity contribution in [2.24, 2.45) is 0 Å². The van der Waals surface area contributed by atoms with Crippen molar-refractivity contribution in [1.29, 1.82) is 0 Å². The molecule has 356 valence electrons. The molecule has 9 aromatic carbocycles. The normalized spacial score (nSPS) is 12.5. The summed E-state index contributed by atoms with van der Waals surface area (Å²) in [6, 6.07) is 71.8. The van der Waals surface area contributed by atoms with Crippen LogP contribution in [0.4, 0.5) is 0 Å². The second-order valence-corrected chi connectivity index (χ2v) is 21.8. The molecule has 4 aromatic heterocycles. The van der Waals surface area contributed by atoms with E-state index in [0.29, 0.717) is 5.75 Å². The van der Waals surface area contributed by atoms with Crippen molar-refractivity contribution in [2.45, 2.75) is 52.4 Å². The van der Waals surface area contributed by atoms with Crippen LogP contribution in [0.5, 0.6) is 11.5 Å². The van der Waals surface area contributed by atoms with E-state index in [2.05, 4.69) is 244 Å². The number of nitrogens with zero attached hydrogens (tertiary/aromatic N) is 4. The largest absolute Gasteiger partial charge is 0.458 e. The monoisotopic (exact) mass is 956 g/mol. The minimum absolute atomic E-state index is 0.0335. The van der Waals surface area contributed by atoms with Gasteiger partial charge in [-0.05, 0) is 139 Å². The van der Waals surface area contributed by atoms with Gasteiger partial charge in [-0.25, -0.2) is 4.98 Å². The number of rotatable bonds is 5. The molecule has 0 spiro atoms. The lowest BCUT2D eigenvalue weighted by atomic mass is 9.82. The average molecular weight is 957 g/mol. The van der Waals surface area contributed by atoms with Crippen molar-refractivity contribution in [3.8, 4) is 73.2 Å². The Hall–Kier alpha value is -9.00. The fourth-order valence-corrected chi connectivity index (χ4v) is 11.5. The first kappa shape index (κ1) is 43.8. The van der Waals surface area contributed by atoms with Crippen LogP contribution in [0, 0.1) is 6.33 Å². The molecule has 6 nitrogen and oxygen atoms in total. The molecule has 0 unspecified atom stereocenters. The van der Waals surface area contributed by atoms with Gasteiger partial charge in [0.2, 0.25) is 0 Å². The zero-order chi connectivity index (χ0) is 50.0. The maximum Gasteiger partial charge on any atom is 0.269 e. The van der Waals surface area contributed by atoms with Crippen LogP contribution in [0.15, 0.2) is 211 Å².